The average Bonchev–Trinajstić information content (AvgIpc) is 2.68. The molecule has 174 valence electrons. The minimum atomic E-state index is -4.43. The molecule has 3 atom stereocenters. The van der Waals surface area contributed by atoms with Crippen LogP contribution in [0.3, 0.4) is 0 Å². The van der Waals surface area contributed by atoms with Crippen molar-refractivity contribution in [3.8, 4) is 0 Å². The Labute approximate surface area is 218 Å². The Balaban J connectivity index is 0. The third kappa shape index (κ3) is 13.9. The summed E-state index contributed by atoms with van der Waals surface area (Å²) >= 11 is 0. The molecule has 13 heteroatoms. The van der Waals surface area contributed by atoms with E-state index >= 15 is 0 Å². The number of hydrogen-bond acceptors (Lipinski definition) is 7. The molecule has 0 spiro atoms. The normalized spacial score (nSPS) is 14.2. The number of hydrogen-bond donors (Lipinski definition) is 3. The SMILES string of the molecule is CC(C)C[C@H](NP(=O)([O-])CNC(=O)OCc1ccccc1)C(=O)N[C@H](C(=O)[O-])C(C)C.[Li+].[Li+]. The first-order valence-corrected chi connectivity index (χ1v) is 11.8. The van der Waals surface area contributed by atoms with Crippen molar-refractivity contribution in [3.05, 3.63) is 35.9 Å². The van der Waals surface area contributed by atoms with Crippen LogP contribution >= 0.6 is 7.52 Å². The quantitative estimate of drug-likeness (QED) is 0.202. The maximum absolute atomic E-state index is 12.5. The van der Waals surface area contributed by atoms with Gasteiger partial charge in [0.15, 0.2) is 0 Å². The Kier molecular flexibility index (Phi) is 16.9. The summed E-state index contributed by atoms with van der Waals surface area (Å²) in [4.78, 5) is 47.9. The topological polar surface area (TPSA) is 160 Å². The van der Waals surface area contributed by atoms with Crippen LogP contribution in [-0.2, 0) is 25.5 Å². The zero-order valence-electron chi connectivity index (χ0n) is 20.1. The molecule has 0 aliphatic heterocycles. The molecule has 1 rings (SSSR count). The van der Waals surface area contributed by atoms with Crippen molar-refractivity contribution < 1.29 is 71.4 Å². The monoisotopic (exact) mass is 469 g/mol. The van der Waals surface area contributed by atoms with Gasteiger partial charge in [0.25, 0.3) is 0 Å². The van der Waals surface area contributed by atoms with Gasteiger partial charge in [-0.15, -0.1) is 0 Å². The molecule has 33 heavy (non-hydrogen) atoms. The van der Waals surface area contributed by atoms with Crippen molar-refractivity contribution in [2.45, 2.75) is 52.8 Å². The van der Waals surface area contributed by atoms with Crippen LogP contribution in [0.1, 0.15) is 39.7 Å². The maximum atomic E-state index is 12.5. The molecule has 1 aromatic carbocycles. The standard InChI is InChI=1S/C20H32N3O7P.2Li/c1-13(2)10-16(18(24)22-17(14(3)4)19(25)26)23-31(28,29)12-21-20(27)30-11-15-8-6-5-7-9-15;;/h5-9,13-14,16-17H,10-12H2,1-4H3,(H,21,27)(H,22,24)(H,25,26)(H2,23,28,29);;/q;2*+1/p-2/t16-,17-;;/m0../s1. The van der Waals surface area contributed by atoms with E-state index in [4.69, 9.17) is 4.74 Å². The van der Waals surface area contributed by atoms with Gasteiger partial charge < -0.3 is 34.7 Å². The van der Waals surface area contributed by atoms with Crippen LogP contribution in [0.15, 0.2) is 30.3 Å². The minimum absolute atomic E-state index is 0. The zero-order valence-corrected chi connectivity index (χ0v) is 21.0. The van der Waals surface area contributed by atoms with Gasteiger partial charge in [0.05, 0.1) is 31.9 Å². The van der Waals surface area contributed by atoms with E-state index < -0.39 is 49.8 Å². The average molecular weight is 469 g/mol. The molecule has 1 unspecified atom stereocenters. The number of amides is 2. The molecule has 0 saturated carbocycles. The Morgan fingerprint density at radius 1 is 1.06 bits per heavy atom. The number of rotatable bonds is 12. The third-order valence-corrected chi connectivity index (χ3v) is 5.52. The summed E-state index contributed by atoms with van der Waals surface area (Å²) in [6.45, 7) is 6.73. The summed E-state index contributed by atoms with van der Waals surface area (Å²) in [7, 11) is -4.43. The van der Waals surface area contributed by atoms with Crippen LogP contribution in [0, 0.1) is 11.8 Å². The molecule has 0 aromatic heterocycles. The van der Waals surface area contributed by atoms with Crippen LogP contribution in [0.4, 0.5) is 4.79 Å². The Morgan fingerprint density at radius 3 is 2.12 bits per heavy atom. The molecular formula is C20H30Li2N3O7P. The van der Waals surface area contributed by atoms with Crippen molar-refractivity contribution >= 4 is 25.5 Å². The molecule has 0 saturated heterocycles. The van der Waals surface area contributed by atoms with Gasteiger partial charge in [0.2, 0.25) is 5.91 Å². The number of carboxylic acids is 1. The molecule has 2 amide bonds. The summed E-state index contributed by atoms with van der Waals surface area (Å²) in [5.74, 6) is -2.75. The van der Waals surface area contributed by atoms with Gasteiger partial charge in [-0.3, -0.25) is 9.88 Å². The minimum Gasteiger partial charge on any atom is -0.787 e. The first-order valence-electron chi connectivity index (χ1n) is 9.95. The summed E-state index contributed by atoms with van der Waals surface area (Å²) in [6.07, 6.45) is -1.58. The second-order valence-corrected chi connectivity index (χ2v) is 9.85. The van der Waals surface area contributed by atoms with Gasteiger partial charge >= 0.3 is 43.8 Å². The number of carboxylic acid groups (broad SMARTS) is 1. The van der Waals surface area contributed by atoms with E-state index in [0.717, 1.165) is 5.56 Å². The number of ether oxygens (including phenoxy) is 1. The Morgan fingerprint density at radius 2 is 1.64 bits per heavy atom. The number of carbonyl (C=O) groups is 3. The smallest absolute Gasteiger partial charge is 0.787 e. The summed E-state index contributed by atoms with van der Waals surface area (Å²) in [6, 6.07) is 6.39. The van der Waals surface area contributed by atoms with Gasteiger partial charge in [-0.05, 0) is 23.8 Å². The van der Waals surface area contributed by atoms with E-state index in [1.807, 2.05) is 6.07 Å². The van der Waals surface area contributed by atoms with Crippen molar-refractivity contribution in [1.82, 2.24) is 15.7 Å². The summed E-state index contributed by atoms with van der Waals surface area (Å²) < 4.78 is 17.4. The molecule has 10 nitrogen and oxygen atoms in total. The number of benzene rings is 1. The molecule has 0 aliphatic carbocycles. The van der Waals surface area contributed by atoms with Gasteiger partial charge in [0, 0.05) is 0 Å². The van der Waals surface area contributed by atoms with Crippen molar-refractivity contribution in [2.24, 2.45) is 11.8 Å². The second-order valence-electron chi connectivity index (χ2n) is 7.93. The molecule has 1 aromatic rings. The van der Waals surface area contributed by atoms with Crippen LogP contribution in [0.5, 0.6) is 0 Å². The zero-order chi connectivity index (χ0) is 23.6. The van der Waals surface area contributed by atoms with Crippen LogP contribution in [0.25, 0.3) is 0 Å². The van der Waals surface area contributed by atoms with E-state index in [0.29, 0.717) is 0 Å². The maximum Gasteiger partial charge on any atom is 1.00 e. The molecule has 0 fully saturated rings. The van der Waals surface area contributed by atoms with E-state index in [2.05, 4.69) is 15.7 Å². The van der Waals surface area contributed by atoms with Gasteiger partial charge in [-0.25, -0.2) is 4.79 Å². The summed E-state index contributed by atoms with van der Waals surface area (Å²) in [5, 5.41) is 17.9. The van der Waals surface area contributed by atoms with Gasteiger partial charge in [0.1, 0.15) is 6.61 Å². The molecule has 3 N–H and O–H groups in total. The predicted octanol–water partition coefficient (Wildman–Crippen LogP) is -5.67. The summed E-state index contributed by atoms with van der Waals surface area (Å²) in [5.41, 5.74) is 0.738. The molecular weight excluding hydrogens is 439 g/mol. The Bertz CT molecular complexity index is 797. The Hall–Kier alpha value is -1.23. The third-order valence-electron chi connectivity index (χ3n) is 4.24. The number of nitrogens with one attached hydrogen (secondary N) is 3. The van der Waals surface area contributed by atoms with E-state index in [1.54, 1.807) is 52.0 Å². The second kappa shape index (κ2) is 16.4. The fourth-order valence-electron chi connectivity index (χ4n) is 2.67. The number of carbonyl (C=O) groups excluding carboxylic acids is 3. The van der Waals surface area contributed by atoms with Crippen molar-refractivity contribution in [3.63, 3.8) is 0 Å². The fraction of sp³-hybridized carbons (Fsp3) is 0.550. The fourth-order valence-corrected chi connectivity index (χ4v) is 3.79. The van der Waals surface area contributed by atoms with E-state index in [-0.39, 0.29) is 56.7 Å². The largest absolute Gasteiger partial charge is 1.00 e. The first kappa shape index (κ1) is 33.9. The molecule has 0 bridgehead atoms. The molecule has 0 radical (unpaired) electrons. The van der Waals surface area contributed by atoms with Gasteiger partial charge in [-0.2, -0.15) is 0 Å². The van der Waals surface area contributed by atoms with E-state index in [9.17, 15) is 28.9 Å². The van der Waals surface area contributed by atoms with Crippen LogP contribution in [-0.4, -0.2) is 36.3 Å². The predicted molar refractivity (Wildman–Crippen MR) is 110 cm³/mol. The van der Waals surface area contributed by atoms with Crippen LogP contribution in [0.2, 0.25) is 0 Å². The first-order chi connectivity index (χ1) is 14.4. The van der Waals surface area contributed by atoms with E-state index in [1.165, 1.54) is 0 Å². The molecule has 0 heterocycles. The van der Waals surface area contributed by atoms with Crippen molar-refractivity contribution in [1.29, 1.82) is 0 Å². The molecule has 0 aliphatic rings. The number of alkyl carbamates (subject to hydrolysis) is 1. The van der Waals surface area contributed by atoms with Crippen LogP contribution < -0.4 is 63.4 Å². The van der Waals surface area contributed by atoms with Gasteiger partial charge in [-0.1, -0.05) is 58.0 Å². The van der Waals surface area contributed by atoms with Crippen molar-refractivity contribution in [2.75, 3.05) is 6.29 Å². The number of aliphatic carboxylic acids is 1.